The summed E-state index contributed by atoms with van der Waals surface area (Å²) < 4.78 is 44.0. The van der Waals surface area contributed by atoms with E-state index < -0.39 is 24.5 Å². The predicted molar refractivity (Wildman–Crippen MR) is 129 cm³/mol. The molecule has 0 bridgehead atoms. The fourth-order valence-electron chi connectivity index (χ4n) is 2.99. The minimum Gasteiger partial charge on any atom is -0.444 e. The third kappa shape index (κ3) is 5.98. The number of alkyl halides is 3. The molecule has 0 saturated carbocycles. The lowest BCUT2D eigenvalue weighted by Gasteiger charge is -2.08. The van der Waals surface area contributed by atoms with Gasteiger partial charge >= 0.3 is 6.18 Å². The van der Waals surface area contributed by atoms with Crippen molar-refractivity contribution < 1.29 is 27.2 Å². The number of halogens is 3. The van der Waals surface area contributed by atoms with E-state index in [0.29, 0.717) is 11.3 Å². The lowest BCUT2D eigenvalue weighted by Crippen LogP contribution is -2.21. The maximum Gasteiger partial charge on any atom is 0.405 e. The number of benzene rings is 1. The first-order valence-corrected chi connectivity index (χ1v) is 11.8. The van der Waals surface area contributed by atoms with Crippen LogP contribution in [0.3, 0.4) is 0 Å². The van der Waals surface area contributed by atoms with E-state index in [1.807, 2.05) is 0 Å². The summed E-state index contributed by atoms with van der Waals surface area (Å²) >= 11 is 4.13. The van der Waals surface area contributed by atoms with Crippen LogP contribution in [-0.2, 0) is 0 Å². The van der Waals surface area contributed by atoms with Crippen molar-refractivity contribution >= 4 is 45.8 Å². The molecule has 0 unspecified atom stereocenters. The summed E-state index contributed by atoms with van der Waals surface area (Å²) in [6.45, 7) is -1.27. The van der Waals surface area contributed by atoms with E-state index in [1.165, 1.54) is 40.0 Å². The van der Waals surface area contributed by atoms with Crippen LogP contribution >= 0.6 is 22.5 Å². The van der Waals surface area contributed by atoms with Gasteiger partial charge in [0.15, 0.2) is 11.4 Å². The van der Waals surface area contributed by atoms with E-state index in [4.69, 9.17) is 10.2 Å². The number of carbonyl (C=O) groups excluding carboxylic acids is 2. The summed E-state index contributed by atoms with van der Waals surface area (Å²) in [4.78, 5) is 33.4. The van der Waals surface area contributed by atoms with E-state index in [2.05, 4.69) is 37.4 Å². The molecule has 10 nitrogen and oxygen atoms in total. The van der Waals surface area contributed by atoms with Gasteiger partial charge in [-0.25, -0.2) is 14.6 Å². The van der Waals surface area contributed by atoms with Crippen molar-refractivity contribution in [2.45, 2.75) is 11.1 Å². The summed E-state index contributed by atoms with van der Waals surface area (Å²) in [5.74, 6) is -1.65. The Morgan fingerprint density at radius 3 is 2.61 bits per heavy atom. The first-order valence-electron chi connectivity index (χ1n) is 9.98. The van der Waals surface area contributed by atoms with E-state index in [9.17, 15) is 22.8 Å². The number of oxazole rings is 1. The second-order valence-corrected chi connectivity index (χ2v) is 8.38. The quantitative estimate of drug-likeness (QED) is 0.195. The van der Waals surface area contributed by atoms with Gasteiger partial charge < -0.3 is 20.8 Å². The number of hydrogen-bond acceptors (Lipinski definition) is 9. The molecule has 4 N–H and O–H groups in total. The molecule has 4 rings (SSSR count). The number of nitrogens with two attached hydrogens (primary N) is 1. The number of aromatic nitrogens is 4. The lowest BCUT2D eigenvalue weighted by atomic mass is 10.2. The normalized spacial score (nSPS) is 11.3. The average Bonchev–Trinajstić information content (AvgIpc) is 3.51. The molecular weight excluding hydrogens is 519 g/mol. The second kappa shape index (κ2) is 10.3. The number of thiol groups is 1. The molecule has 0 fully saturated rings. The largest absolute Gasteiger partial charge is 0.444 e. The molecule has 3 heterocycles. The van der Waals surface area contributed by atoms with Crippen LogP contribution in [0.5, 0.6) is 0 Å². The van der Waals surface area contributed by atoms with Crippen molar-refractivity contribution in [1.29, 1.82) is 0 Å². The molecule has 0 aliphatic rings. The monoisotopic (exact) mass is 535 g/mol. The third-order valence-electron chi connectivity index (χ3n) is 4.62. The molecule has 1 aromatic carbocycles. The molecule has 4 aromatic rings. The number of nitrogens with zero attached hydrogens (tertiary/aromatic N) is 4. The summed E-state index contributed by atoms with van der Waals surface area (Å²) in [7, 11) is 1.26. The number of anilines is 2. The number of hydrogen-bond donors (Lipinski definition) is 4. The van der Waals surface area contributed by atoms with Crippen LogP contribution in [0.1, 0.15) is 21.0 Å². The molecule has 36 heavy (non-hydrogen) atoms. The molecule has 0 radical (unpaired) electrons. The van der Waals surface area contributed by atoms with Gasteiger partial charge in [-0.1, -0.05) is 10.8 Å². The van der Waals surface area contributed by atoms with Gasteiger partial charge in [0.1, 0.15) is 18.6 Å². The highest BCUT2D eigenvalue weighted by Crippen LogP contribution is 2.25. The zero-order valence-corrected chi connectivity index (χ0v) is 19.7. The smallest absolute Gasteiger partial charge is 0.405 e. The van der Waals surface area contributed by atoms with E-state index >= 15 is 0 Å². The van der Waals surface area contributed by atoms with Crippen LogP contribution in [0.2, 0.25) is 0 Å². The standard InChI is InChI=1S/C21H16F3N7O3S2/c22-21(23,24)10-27-16-7-11(5-6-26-16)20-29-15(9-34-20)19(33)28-14-8-31(30-17(14)18(25)32)12-1-3-13(36-35)4-2-12/h1-9,35H,10H2,(H2,25,32)(H,26,27)(H,28,33). The van der Waals surface area contributed by atoms with Gasteiger partial charge in [-0.2, -0.15) is 18.3 Å². The maximum atomic E-state index is 12.8. The minimum atomic E-state index is -4.42. The fraction of sp³-hybridized carbons (Fsp3) is 0.0952. The van der Waals surface area contributed by atoms with Gasteiger partial charge in [0.25, 0.3) is 11.8 Å². The van der Waals surface area contributed by atoms with Crippen molar-refractivity contribution in [3.63, 3.8) is 0 Å². The van der Waals surface area contributed by atoms with Gasteiger partial charge in [-0.05, 0) is 36.4 Å². The summed E-state index contributed by atoms with van der Waals surface area (Å²) in [5.41, 5.74) is 6.05. The van der Waals surface area contributed by atoms with Crippen molar-refractivity contribution in [2.24, 2.45) is 5.73 Å². The van der Waals surface area contributed by atoms with Gasteiger partial charge in [0.2, 0.25) is 5.89 Å². The molecule has 0 aliphatic carbocycles. The first-order chi connectivity index (χ1) is 17.1. The van der Waals surface area contributed by atoms with Crippen LogP contribution in [0.25, 0.3) is 17.1 Å². The van der Waals surface area contributed by atoms with Crippen LogP contribution < -0.4 is 16.4 Å². The number of amides is 2. The van der Waals surface area contributed by atoms with E-state index in [-0.39, 0.29) is 28.8 Å². The number of primary amides is 1. The number of carbonyl (C=O) groups is 2. The molecule has 15 heteroatoms. The van der Waals surface area contributed by atoms with Crippen molar-refractivity contribution in [1.82, 2.24) is 19.7 Å². The molecule has 0 atom stereocenters. The van der Waals surface area contributed by atoms with Gasteiger partial charge in [0.05, 0.1) is 17.6 Å². The highest BCUT2D eigenvalue weighted by Gasteiger charge is 2.27. The summed E-state index contributed by atoms with van der Waals surface area (Å²) in [6, 6.07) is 9.86. The Hall–Kier alpha value is -3.98. The molecule has 3 aromatic heterocycles. The SMILES string of the molecule is NC(=O)c1nn(-c2ccc(SS)cc2)cc1NC(=O)c1coc(-c2ccnc(NCC(F)(F)F)c2)n1. The fourth-order valence-corrected chi connectivity index (χ4v) is 3.61. The number of pyridine rings is 1. The molecular formula is C21H16F3N7O3S2. The Bertz CT molecular complexity index is 1400. The van der Waals surface area contributed by atoms with Crippen molar-refractivity contribution in [3.05, 3.63) is 66.4 Å². The average molecular weight is 536 g/mol. The highest BCUT2D eigenvalue weighted by atomic mass is 33.1. The zero-order valence-electron chi connectivity index (χ0n) is 18.0. The summed E-state index contributed by atoms with van der Waals surface area (Å²) in [6.07, 6.45) is -0.662. The van der Waals surface area contributed by atoms with Gasteiger partial charge in [-0.3, -0.25) is 9.59 Å². The van der Waals surface area contributed by atoms with Crippen molar-refractivity contribution in [2.75, 3.05) is 17.2 Å². The van der Waals surface area contributed by atoms with Crippen LogP contribution in [-0.4, -0.2) is 44.3 Å². The highest BCUT2D eigenvalue weighted by molar-refractivity contribution is 8.68. The lowest BCUT2D eigenvalue weighted by molar-refractivity contribution is -0.115. The molecule has 186 valence electrons. The maximum absolute atomic E-state index is 12.8. The van der Waals surface area contributed by atoms with E-state index in [1.54, 1.807) is 24.3 Å². The summed E-state index contributed by atoms with van der Waals surface area (Å²) in [5, 5.41) is 8.82. The Balaban J connectivity index is 1.52. The molecule has 0 aliphatic heterocycles. The van der Waals surface area contributed by atoms with Gasteiger partial charge in [-0.15, -0.1) is 11.7 Å². The topological polar surface area (TPSA) is 141 Å². The third-order valence-corrected chi connectivity index (χ3v) is 5.73. The van der Waals surface area contributed by atoms with Crippen LogP contribution in [0, 0.1) is 0 Å². The number of nitrogens with one attached hydrogen (secondary N) is 2. The predicted octanol–water partition coefficient (Wildman–Crippen LogP) is 4.18. The van der Waals surface area contributed by atoms with Crippen LogP contribution in [0.4, 0.5) is 24.7 Å². The minimum absolute atomic E-state index is 0.0226. The van der Waals surface area contributed by atoms with Gasteiger partial charge in [0, 0.05) is 16.7 Å². The zero-order chi connectivity index (χ0) is 25.9. The Labute approximate surface area is 210 Å². The first kappa shape index (κ1) is 25.1. The second-order valence-electron chi connectivity index (χ2n) is 7.18. The molecule has 0 spiro atoms. The Morgan fingerprint density at radius 1 is 1.19 bits per heavy atom. The Kier molecular flexibility index (Phi) is 7.21. The van der Waals surface area contributed by atoms with Crippen LogP contribution in [0.15, 0.2) is 64.4 Å². The number of rotatable bonds is 8. The Morgan fingerprint density at radius 2 is 1.94 bits per heavy atom. The van der Waals surface area contributed by atoms with Crippen molar-refractivity contribution in [3.8, 4) is 17.1 Å². The molecule has 2 amide bonds. The van der Waals surface area contributed by atoms with E-state index in [0.717, 1.165) is 11.2 Å². The molecule has 0 saturated heterocycles.